The van der Waals surface area contributed by atoms with E-state index in [0.29, 0.717) is 52.0 Å². The highest BCUT2D eigenvalue weighted by molar-refractivity contribution is 5.91. The summed E-state index contributed by atoms with van der Waals surface area (Å²) < 4.78 is 33.2. The van der Waals surface area contributed by atoms with Crippen LogP contribution < -0.4 is 34.2 Å². The van der Waals surface area contributed by atoms with Crippen LogP contribution >= 0.6 is 0 Å². The van der Waals surface area contributed by atoms with Crippen LogP contribution in [-0.4, -0.2) is 33.9 Å². The number of hydrogen-bond acceptors (Lipinski definition) is 9. The number of esters is 1. The second-order valence-corrected chi connectivity index (χ2v) is 7.93. The summed E-state index contributed by atoms with van der Waals surface area (Å²) >= 11 is 0. The van der Waals surface area contributed by atoms with Crippen molar-refractivity contribution in [1.29, 1.82) is 5.26 Å². The Morgan fingerprint density at radius 2 is 1.73 bits per heavy atom. The molecule has 1 unspecified atom stereocenters. The number of carbonyl (C=O) groups excluding carboxylic acids is 1. The van der Waals surface area contributed by atoms with E-state index in [9.17, 15) is 10.1 Å². The molecule has 0 radical (unpaired) electrons. The minimum Gasteiger partial charge on any atom is -0.494 e. The molecule has 190 valence electrons. The van der Waals surface area contributed by atoms with E-state index in [4.69, 9.17) is 34.2 Å². The number of methoxy groups -OCH3 is 3. The molecule has 0 spiro atoms. The van der Waals surface area contributed by atoms with Crippen LogP contribution in [0.4, 0.5) is 0 Å². The summed E-state index contributed by atoms with van der Waals surface area (Å²) in [5.41, 5.74) is 8.03. The van der Waals surface area contributed by atoms with Gasteiger partial charge in [0, 0.05) is 11.6 Å². The minimum absolute atomic E-state index is 0.0540. The monoisotopic (exact) mass is 502 g/mol. The molecule has 0 saturated heterocycles. The Morgan fingerprint density at radius 1 is 1.00 bits per heavy atom. The van der Waals surface area contributed by atoms with Gasteiger partial charge in [-0.1, -0.05) is 12.1 Å². The molecule has 1 aliphatic rings. The third-order valence-electron chi connectivity index (χ3n) is 5.80. The highest BCUT2D eigenvalue weighted by Gasteiger charge is 2.32. The Morgan fingerprint density at radius 3 is 2.35 bits per heavy atom. The molecule has 3 aromatic carbocycles. The summed E-state index contributed by atoms with van der Waals surface area (Å²) in [6.45, 7) is 2.34. The molecule has 9 heteroatoms. The average molecular weight is 503 g/mol. The van der Waals surface area contributed by atoms with Crippen LogP contribution in [0.25, 0.3) is 0 Å². The second kappa shape index (κ2) is 10.8. The fraction of sp³-hybridized carbons (Fsp3) is 0.214. The number of fused-ring (bicyclic) bond motifs is 1. The fourth-order valence-electron chi connectivity index (χ4n) is 4.16. The molecule has 0 saturated carbocycles. The number of carbonyl (C=O) groups is 1. The third kappa shape index (κ3) is 4.95. The van der Waals surface area contributed by atoms with Crippen LogP contribution in [0.3, 0.4) is 0 Å². The van der Waals surface area contributed by atoms with E-state index >= 15 is 0 Å². The van der Waals surface area contributed by atoms with Gasteiger partial charge < -0.3 is 34.2 Å². The van der Waals surface area contributed by atoms with Crippen LogP contribution in [-0.2, 0) is 0 Å². The van der Waals surface area contributed by atoms with Crippen molar-refractivity contribution in [3.8, 4) is 40.6 Å². The summed E-state index contributed by atoms with van der Waals surface area (Å²) in [6.07, 6.45) is 0. The molecule has 3 aromatic rings. The van der Waals surface area contributed by atoms with Gasteiger partial charge in [-0.25, -0.2) is 4.79 Å². The number of allylic oxidation sites excluding steroid dienone is 1. The molecule has 2 N–H and O–H groups in total. The van der Waals surface area contributed by atoms with Crippen molar-refractivity contribution < 1.29 is 33.2 Å². The summed E-state index contributed by atoms with van der Waals surface area (Å²) in [6, 6.07) is 17.3. The molecular weight excluding hydrogens is 476 g/mol. The third-order valence-corrected chi connectivity index (χ3v) is 5.80. The van der Waals surface area contributed by atoms with Crippen molar-refractivity contribution in [1.82, 2.24) is 0 Å². The molecule has 1 aliphatic heterocycles. The van der Waals surface area contributed by atoms with E-state index < -0.39 is 11.9 Å². The molecule has 1 heterocycles. The van der Waals surface area contributed by atoms with Crippen LogP contribution in [0.2, 0.25) is 0 Å². The van der Waals surface area contributed by atoms with Crippen LogP contribution in [0.1, 0.15) is 34.3 Å². The first kappa shape index (κ1) is 25.3. The number of nitriles is 1. The predicted octanol–water partition coefficient (Wildman–Crippen LogP) is 4.55. The van der Waals surface area contributed by atoms with Crippen LogP contribution in [0.5, 0.6) is 34.5 Å². The first-order chi connectivity index (χ1) is 17.9. The zero-order valence-corrected chi connectivity index (χ0v) is 20.9. The van der Waals surface area contributed by atoms with Gasteiger partial charge in [0.25, 0.3) is 0 Å². The number of benzene rings is 3. The van der Waals surface area contributed by atoms with Gasteiger partial charge in [0.2, 0.25) is 11.6 Å². The first-order valence-electron chi connectivity index (χ1n) is 11.4. The quantitative estimate of drug-likeness (QED) is 0.349. The SMILES string of the molecule is CCOc1cccc(C(=O)Oc2ccc3c(c2)OC(N)=C(C#N)C3c2cc(OC)c(OC)c(OC)c2)c1. The van der Waals surface area contributed by atoms with Crippen molar-refractivity contribution in [2.24, 2.45) is 5.73 Å². The van der Waals surface area contributed by atoms with E-state index in [1.165, 1.54) is 21.3 Å². The Labute approximate surface area is 214 Å². The first-order valence-corrected chi connectivity index (χ1v) is 11.4. The van der Waals surface area contributed by atoms with Gasteiger partial charge in [0.1, 0.15) is 28.9 Å². The Bertz CT molecular complexity index is 1380. The summed E-state index contributed by atoms with van der Waals surface area (Å²) in [7, 11) is 4.54. The minimum atomic E-state index is -0.588. The van der Waals surface area contributed by atoms with Gasteiger partial charge in [-0.3, -0.25) is 0 Å². The molecule has 1 atom stereocenters. The fourth-order valence-corrected chi connectivity index (χ4v) is 4.16. The lowest BCUT2D eigenvalue weighted by Crippen LogP contribution is -2.21. The van der Waals surface area contributed by atoms with E-state index in [1.807, 2.05) is 6.92 Å². The molecule has 9 nitrogen and oxygen atoms in total. The highest BCUT2D eigenvalue weighted by Crippen LogP contribution is 2.47. The molecular formula is C28H26N2O7. The normalized spacial score (nSPS) is 14.1. The predicted molar refractivity (Wildman–Crippen MR) is 134 cm³/mol. The summed E-state index contributed by atoms with van der Waals surface area (Å²) in [5, 5.41) is 9.90. The number of nitrogens with two attached hydrogens (primary N) is 1. The zero-order chi connectivity index (χ0) is 26.5. The average Bonchev–Trinajstić information content (AvgIpc) is 2.91. The van der Waals surface area contributed by atoms with Crippen molar-refractivity contribution in [3.63, 3.8) is 0 Å². The maximum atomic E-state index is 12.8. The van der Waals surface area contributed by atoms with Crippen molar-refractivity contribution in [3.05, 3.63) is 82.7 Å². The lowest BCUT2D eigenvalue weighted by atomic mass is 9.83. The Kier molecular flexibility index (Phi) is 7.39. The maximum absolute atomic E-state index is 12.8. The molecule has 0 bridgehead atoms. The van der Waals surface area contributed by atoms with Crippen molar-refractivity contribution in [2.75, 3.05) is 27.9 Å². The smallest absolute Gasteiger partial charge is 0.343 e. The molecule has 37 heavy (non-hydrogen) atoms. The zero-order valence-electron chi connectivity index (χ0n) is 20.9. The van der Waals surface area contributed by atoms with Gasteiger partial charge in [-0.15, -0.1) is 0 Å². The van der Waals surface area contributed by atoms with E-state index in [-0.39, 0.29) is 17.2 Å². The maximum Gasteiger partial charge on any atom is 0.343 e. The molecule has 0 aliphatic carbocycles. The largest absolute Gasteiger partial charge is 0.494 e. The molecule has 0 amide bonds. The van der Waals surface area contributed by atoms with Gasteiger partial charge >= 0.3 is 5.97 Å². The van der Waals surface area contributed by atoms with Crippen molar-refractivity contribution in [2.45, 2.75) is 12.8 Å². The molecule has 0 fully saturated rings. The standard InChI is InChI=1S/C28H26N2O7/c1-5-35-18-8-6-7-16(11-18)28(31)36-19-9-10-20-22(14-19)37-27(30)21(15-29)25(20)17-12-23(32-2)26(34-4)24(13-17)33-3/h6-14,25H,5,30H2,1-4H3. The number of hydrogen-bond donors (Lipinski definition) is 1. The van der Waals surface area contributed by atoms with E-state index in [0.717, 1.165) is 0 Å². The lowest BCUT2D eigenvalue weighted by Gasteiger charge is -2.27. The number of rotatable bonds is 8. The molecule has 4 rings (SSSR count). The van der Waals surface area contributed by atoms with Gasteiger partial charge in [-0.2, -0.15) is 5.26 Å². The number of nitrogens with zero attached hydrogens (tertiary/aromatic N) is 1. The van der Waals surface area contributed by atoms with Gasteiger partial charge in [-0.05, 0) is 48.9 Å². The van der Waals surface area contributed by atoms with E-state index in [2.05, 4.69) is 6.07 Å². The highest BCUT2D eigenvalue weighted by atomic mass is 16.5. The summed E-state index contributed by atoms with van der Waals surface area (Å²) in [4.78, 5) is 12.8. The van der Waals surface area contributed by atoms with E-state index in [1.54, 1.807) is 54.6 Å². The summed E-state index contributed by atoms with van der Waals surface area (Å²) in [5.74, 6) is 1.26. The Balaban J connectivity index is 1.72. The van der Waals surface area contributed by atoms with Crippen LogP contribution in [0.15, 0.2) is 66.1 Å². The topological polar surface area (TPSA) is 122 Å². The molecule has 0 aromatic heterocycles. The van der Waals surface area contributed by atoms with Crippen molar-refractivity contribution >= 4 is 5.97 Å². The van der Waals surface area contributed by atoms with Gasteiger partial charge in [0.15, 0.2) is 11.5 Å². The number of ether oxygens (including phenoxy) is 6. The van der Waals surface area contributed by atoms with Gasteiger partial charge in [0.05, 0.1) is 39.4 Å². The Hall–Kier alpha value is -4.84. The lowest BCUT2D eigenvalue weighted by molar-refractivity contribution is 0.0734. The second-order valence-electron chi connectivity index (χ2n) is 7.93. The van der Waals surface area contributed by atoms with Crippen LogP contribution in [0, 0.1) is 11.3 Å².